The molecule has 0 atom stereocenters. The minimum Gasteiger partial charge on any atom is -0.352 e. The Morgan fingerprint density at radius 2 is 1.92 bits per heavy atom. The Bertz CT molecular complexity index is 852. The molecule has 24 heavy (non-hydrogen) atoms. The second kappa shape index (κ2) is 7.27. The van der Waals surface area contributed by atoms with Gasteiger partial charge in [0.25, 0.3) is 5.91 Å². The van der Waals surface area contributed by atoms with Gasteiger partial charge in [-0.25, -0.2) is 13.8 Å². The summed E-state index contributed by atoms with van der Waals surface area (Å²) in [7, 11) is 0. The predicted molar refractivity (Wildman–Crippen MR) is 87.7 cm³/mol. The summed E-state index contributed by atoms with van der Waals surface area (Å²) in [5, 5.41) is 5.50. The molecule has 2 aromatic heterocycles. The van der Waals surface area contributed by atoms with Crippen molar-refractivity contribution in [1.29, 1.82) is 0 Å². The molecule has 0 aliphatic carbocycles. The molecule has 122 valence electrons. The molecule has 1 aromatic carbocycles. The number of nitrogens with one attached hydrogen (secondary N) is 1. The Kier molecular flexibility index (Phi) is 4.90. The summed E-state index contributed by atoms with van der Waals surface area (Å²) in [4.78, 5) is 20.4. The molecule has 0 fully saturated rings. The molecular weight excluding hydrogens is 332 g/mol. The molecule has 1 amide bonds. The molecule has 3 rings (SSSR count). The highest BCUT2D eigenvalue weighted by Gasteiger charge is 2.10. The standard InChI is InChI=1S/C17H13F2N3OS/c18-13-2-1-12(9-14(13)19)17(23)21-8-5-16-22-15(10-24-16)11-3-6-20-7-4-11/h1-4,6-7,9-10H,5,8H2,(H,21,23). The maximum Gasteiger partial charge on any atom is 0.251 e. The minimum atomic E-state index is -1.04. The third-order valence-electron chi connectivity index (χ3n) is 3.33. The van der Waals surface area contributed by atoms with E-state index in [0.717, 1.165) is 28.4 Å². The number of aromatic nitrogens is 2. The van der Waals surface area contributed by atoms with Crippen molar-refractivity contribution in [1.82, 2.24) is 15.3 Å². The number of nitrogens with zero attached hydrogens (tertiary/aromatic N) is 2. The topological polar surface area (TPSA) is 54.9 Å². The van der Waals surface area contributed by atoms with Crippen LogP contribution >= 0.6 is 11.3 Å². The zero-order chi connectivity index (χ0) is 16.9. The van der Waals surface area contributed by atoms with Crippen molar-refractivity contribution in [3.8, 4) is 11.3 Å². The summed E-state index contributed by atoms with van der Waals surface area (Å²) in [5.74, 6) is -2.46. The van der Waals surface area contributed by atoms with Crippen molar-refractivity contribution in [3.05, 3.63) is 70.3 Å². The first-order chi connectivity index (χ1) is 11.6. The van der Waals surface area contributed by atoms with Gasteiger partial charge >= 0.3 is 0 Å². The molecular formula is C17H13F2N3OS. The Labute approximate surface area is 141 Å². The molecule has 0 radical (unpaired) electrons. The van der Waals surface area contributed by atoms with Crippen molar-refractivity contribution in [2.24, 2.45) is 0 Å². The van der Waals surface area contributed by atoms with E-state index >= 15 is 0 Å². The Hall–Kier alpha value is -2.67. The maximum absolute atomic E-state index is 13.1. The summed E-state index contributed by atoms with van der Waals surface area (Å²) in [6, 6.07) is 6.83. The lowest BCUT2D eigenvalue weighted by Crippen LogP contribution is -2.25. The van der Waals surface area contributed by atoms with Gasteiger partial charge in [0.2, 0.25) is 0 Å². The van der Waals surface area contributed by atoms with Gasteiger partial charge in [-0.2, -0.15) is 0 Å². The van der Waals surface area contributed by atoms with Crippen LogP contribution in [-0.2, 0) is 6.42 Å². The fourth-order valence-corrected chi connectivity index (χ4v) is 2.91. The predicted octanol–water partition coefficient (Wildman–Crippen LogP) is 3.46. The molecule has 3 aromatic rings. The molecule has 0 aliphatic heterocycles. The summed E-state index contributed by atoms with van der Waals surface area (Å²) < 4.78 is 26.0. The highest BCUT2D eigenvalue weighted by molar-refractivity contribution is 7.09. The lowest BCUT2D eigenvalue weighted by molar-refractivity contribution is 0.0953. The van der Waals surface area contributed by atoms with E-state index in [2.05, 4.69) is 15.3 Å². The average Bonchev–Trinajstić information content (AvgIpc) is 3.07. The molecule has 2 heterocycles. The van der Waals surface area contributed by atoms with E-state index in [4.69, 9.17) is 0 Å². The van der Waals surface area contributed by atoms with Crippen molar-refractivity contribution in [2.45, 2.75) is 6.42 Å². The van der Waals surface area contributed by atoms with E-state index in [1.807, 2.05) is 17.5 Å². The Morgan fingerprint density at radius 1 is 1.12 bits per heavy atom. The van der Waals surface area contributed by atoms with Crippen LogP contribution in [0.4, 0.5) is 8.78 Å². The van der Waals surface area contributed by atoms with Gasteiger partial charge < -0.3 is 5.32 Å². The molecule has 0 saturated heterocycles. The van der Waals surface area contributed by atoms with E-state index in [1.165, 1.54) is 17.4 Å². The number of benzene rings is 1. The van der Waals surface area contributed by atoms with Gasteiger partial charge in [-0.3, -0.25) is 9.78 Å². The maximum atomic E-state index is 13.1. The number of thiazole rings is 1. The first kappa shape index (κ1) is 16.2. The van der Waals surface area contributed by atoms with Crippen LogP contribution in [0, 0.1) is 11.6 Å². The molecule has 0 spiro atoms. The van der Waals surface area contributed by atoms with Crippen LogP contribution in [0.1, 0.15) is 15.4 Å². The van der Waals surface area contributed by atoms with E-state index in [0.29, 0.717) is 13.0 Å². The van der Waals surface area contributed by atoms with Gasteiger partial charge in [-0.05, 0) is 30.3 Å². The van der Waals surface area contributed by atoms with E-state index in [1.54, 1.807) is 12.4 Å². The molecule has 0 aliphatic rings. The van der Waals surface area contributed by atoms with Gasteiger partial charge in [0.15, 0.2) is 11.6 Å². The summed E-state index contributed by atoms with van der Waals surface area (Å²) in [6.07, 6.45) is 3.97. The fraction of sp³-hybridized carbons (Fsp3) is 0.118. The summed E-state index contributed by atoms with van der Waals surface area (Å²) in [5.41, 5.74) is 1.94. The normalized spacial score (nSPS) is 10.6. The number of hydrogen-bond acceptors (Lipinski definition) is 4. The summed E-state index contributed by atoms with van der Waals surface area (Å²) in [6.45, 7) is 0.362. The van der Waals surface area contributed by atoms with Crippen LogP contribution in [0.15, 0.2) is 48.1 Å². The molecule has 0 bridgehead atoms. The SMILES string of the molecule is O=C(NCCc1nc(-c2ccncc2)cs1)c1ccc(F)c(F)c1. The Balaban J connectivity index is 1.56. The second-order valence-corrected chi connectivity index (χ2v) is 5.94. The van der Waals surface area contributed by atoms with Crippen LogP contribution < -0.4 is 5.32 Å². The van der Waals surface area contributed by atoms with Gasteiger partial charge in [0.05, 0.1) is 10.7 Å². The molecule has 4 nitrogen and oxygen atoms in total. The van der Waals surface area contributed by atoms with Crippen LogP contribution in [0.3, 0.4) is 0 Å². The first-order valence-electron chi connectivity index (χ1n) is 7.21. The van der Waals surface area contributed by atoms with E-state index in [-0.39, 0.29) is 5.56 Å². The van der Waals surface area contributed by atoms with Gasteiger partial charge in [0.1, 0.15) is 0 Å². The largest absolute Gasteiger partial charge is 0.352 e. The number of pyridine rings is 1. The van der Waals surface area contributed by atoms with Crippen LogP contribution in [0.25, 0.3) is 11.3 Å². The third-order valence-corrected chi connectivity index (χ3v) is 4.24. The highest BCUT2D eigenvalue weighted by atomic mass is 32.1. The lowest BCUT2D eigenvalue weighted by Gasteiger charge is -2.04. The quantitative estimate of drug-likeness (QED) is 0.770. The molecule has 1 N–H and O–H groups in total. The number of carbonyl (C=O) groups excluding carboxylic acids is 1. The summed E-state index contributed by atoms with van der Waals surface area (Å²) >= 11 is 1.50. The van der Waals surface area contributed by atoms with Crippen LogP contribution in [-0.4, -0.2) is 22.4 Å². The van der Waals surface area contributed by atoms with Crippen LogP contribution in [0.5, 0.6) is 0 Å². The number of rotatable bonds is 5. The van der Waals surface area contributed by atoms with Crippen molar-refractivity contribution in [2.75, 3.05) is 6.54 Å². The van der Waals surface area contributed by atoms with Crippen molar-refractivity contribution in [3.63, 3.8) is 0 Å². The third kappa shape index (κ3) is 3.80. The zero-order valence-corrected chi connectivity index (χ0v) is 13.3. The first-order valence-corrected chi connectivity index (χ1v) is 8.09. The van der Waals surface area contributed by atoms with Gasteiger partial charge in [-0.1, -0.05) is 0 Å². The van der Waals surface area contributed by atoms with E-state index < -0.39 is 17.5 Å². The van der Waals surface area contributed by atoms with Gasteiger partial charge in [-0.15, -0.1) is 11.3 Å². The second-order valence-electron chi connectivity index (χ2n) is 5.00. The number of hydrogen-bond donors (Lipinski definition) is 1. The number of amides is 1. The lowest BCUT2D eigenvalue weighted by atomic mass is 10.2. The number of halogens is 2. The van der Waals surface area contributed by atoms with E-state index in [9.17, 15) is 13.6 Å². The number of carbonyl (C=O) groups is 1. The Morgan fingerprint density at radius 3 is 2.67 bits per heavy atom. The average molecular weight is 345 g/mol. The van der Waals surface area contributed by atoms with Crippen molar-refractivity contribution >= 4 is 17.2 Å². The smallest absolute Gasteiger partial charge is 0.251 e. The monoisotopic (exact) mass is 345 g/mol. The zero-order valence-electron chi connectivity index (χ0n) is 12.5. The molecule has 0 unspecified atom stereocenters. The van der Waals surface area contributed by atoms with Gasteiger partial charge in [0, 0.05) is 41.9 Å². The fourth-order valence-electron chi connectivity index (χ4n) is 2.10. The minimum absolute atomic E-state index is 0.0884. The van der Waals surface area contributed by atoms with Crippen LogP contribution in [0.2, 0.25) is 0 Å². The van der Waals surface area contributed by atoms with Crippen molar-refractivity contribution < 1.29 is 13.6 Å². The molecule has 0 saturated carbocycles. The highest BCUT2D eigenvalue weighted by Crippen LogP contribution is 2.21. The molecule has 7 heteroatoms.